The Morgan fingerprint density at radius 1 is 1.04 bits per heavy atom. The van der Waals surface area contributed by atoms with Gasteiger partial charge in [0.1, 0.15) is 12.0 Å². The predicted octanol–water partition coefficient (Wildman–Crippen LogP) is 3.11. The zero-order valence-electron chi connectivity index (χ0n) is 12.6. The van der Waals surface area contributed by atoms with Crippen LogP contribution in [0, 0.1) is 0 Å². The fraction of sp³-hybridized carbons (Fsp3) is 0.0588. The highest BCUT2D eigenvalue weighted by Crippen LogP contribution is 2.27. The molecule has 0 amide bonds. The van der Waals surface area contributed by atoms with Gasteiger partial charge >= 0.3 is 11.9 Å². The number of carboxylic acid groups (broad SMARTS) is 1. The number of benzene rings is 2. The number of sulfone groups is 1. The van der Waals surface area contributed by atoms with Crippen LogP contribution in [-0.2, 0) is 9.84 Å². The summed E-state index contributed by atoms with van der Waals surface area (Å²) in [5.74, 6) is -1.60. The van der Waals surface area contributed by atoms with Crippen LogP contribution in [0.3, 0.4) is 0 Å². The number of aromatic nitrogens is 1. The number of nitrogens with zero attached hydrogens (tertiary/aromatic N) is 1. The molecule has 1 aromatic heterocycles. The second kappa shape index (κ2) is 5.93. The first-order chi connectivity index (χ1) is 11.3. The van der Waals surface area contributed by atoms with E-state index in [-0.39, 0.29) is 10.8 Å². The normalized spacial score (nSPS) is 11.4. The smallest absolute Gasteiger partial charge is 0.392 e. The van der Waals surface area contributed by atoms with Crippen molar-refractivity contribution in [2.75, 3.05) is 6.26 Å². The van der Waals surface area contributed by atoms with E-state index < -0.39 is 15.8 Å². The predicted molar refractivity (Wildman–Crippen MR) is 87.4 cm³/mol. The lowest BCUT2D eigenvalue weighted by Crippen LogP contribution is -1.96. The molecular formula is C17H13NO5S. The average molecular weight is 343 g/mol. The van der Waals surface area contributed by atoms with Crippen LogP contribution in [0.25, 0.3) is 22.4 Å². The van der Waals surface area contributed by atoms with Gasteiger partial charge in [-0.3, -0.25) is 0 Å². The molecule has 0 unspecified atom stereocenters. The molecular weight excluding hydrogens is 330 g/mol. The summed E-state index contributed by atoms with van der Waals surface area (Å²) in [4.78, 5) is 15.0. The quantitative estimate of drug-likeness (QED) is 0.782. The number of carbonyl (C=O) groups is 1. The Morgan fingerprint density at radius 3 is 2.29 bits per heavy atom. The van der Waals surface area contributed by atoms with Crippen LogP contribution in [0.15, 0.2) is 64.1 Å². The molecule has 0 aliphatic heterocycles. The molecule has 0 fully saturated rings. The fourth-order valence-corrected chi connectivity index (χ4v) is 2.89. The number of oxazole rings is 1. The minimum Gasteiger partial charge on any atom is -0.474 e. The van der Waals surface area contributed by atoms with Gasteiger partial charge in [0.05, 0.1) is 4.90 Å². The summed E-state index contributed by atoms with van der Waals surface area (Å²) in [6.07, 6.45) is 2.45. The monoisotopic (exact) mass is 343 g/mol. The molecule has 6 nitrogen and oxygen atoms in total. The van der Waals surface area contributed by atoms with Crippen molar-refractivity contribution in [2.45, 2.75) is 4.90 Å². The zero-order chi connectivity index (χ0) is 17.3. The number of hydrogen-bond acceptors (Lipinski definition) is 5. The summed E-state index contributed by atoms with van der Waals surface area (Å²) >= 11 is 0. The lowest BCUT2D eigenvalue weighted by Gasteiger charge is -2.05. The SMILES string of the molecule is CS(=O)(=O)c1ccc(-c2cccc(-c3coc(C(=O)O)n3)c2)cc1. The van der Waals surface area contributed by atoms with Crippen LogP contribution in [0.2, 0.25) is 0 Å². The molecule has 0 aliphatic carbocycles. The Kier molecular flexibility index (Phi) is 3.94. The van der Waals surface area contributed by atoms with Gasteiger partial charge in [0.15, 0.2) is 9.84 Å². The van der Waals surface area contributed by atoms with Gasteiger partial charge in [0, 0.05) is 11.8 Å². The minimum atomic E-state index is -3.24. The maximum absolute atomic E-state index is 11.5. The summed E-state index contributed by atoms with van der Waals surface area (Å²) in [5.41, 5.74) is 2.82. The Hall–Kier alpha value is -2.93. The number of rotatable bonds is 4. The van der Waals surface area contributed by atoms with Crippen LogP contribution in [0.1, 0.15) is 10.7 Å². The van der Waals surface area contributed by atoms with Crippen molar-refractivity contribution in [3.05, 3.63) is 60.7 Å². The lowest BCUT2D eigenvalue weighted by atomic mass is 10.0. The first-order valence-electron chi connectivity index (χ1n) is 6.94. The van der Waals surface area contributed by atoms with Gasteiger partial charge in [-0.15, -0.1) is 0 Å². The van der Waals surface area contributed by atoms with Gasteiger partial charge in [-0.2, -0.15) is 0 Å². The molecule has 3 rings (SSSR count). The summed E-state index contributed by atoms with van der Waals surface area (Å²) in [6, 6.07) is 13.9. The van der Waals surface area contributed by atoms with Crippen LogP contribution in [-0.4, -0.2) is 30.7 Å². The Labute approximate surface area is 138 Å². The molecule has 0 spiro atoms. The van der Waals surface area contributed by atoms with Gasteiger partial charge in [-0.05, 0) is 29.3 Å². The largest absolute Gasteiger partial charge is 0.474 e. The highest BCUT2D eigenvalue weighted by molar-refractivity contribution is 7.90. The van der Waals surface area contributed by atoms with Gasteiger partial charge in [0.25, 0.3) is 0 Å². The summed E-state index contributed by atoms with van der Waals surface area (Å²) < 4.78 is 27.9. The highest BCUT2D eigenvalue weighted by Gasteiger charge is 2.13. The van der Waals surface area contributed by atoms with Crippen molar-refractivity contribution >= 4 is 15.8 Å². The van der Waals surface area contributed by atoms with Gasteiger partial charge < -0.3 is 9.52 Å². The summed E-state index contributed by atoms with van der Waals surface area (Å²) in [7, 11) is -3.24. The van der Waals surface area contributed by atoms with Crippen molar-refractivity contribution in [1.29, 1.82) is 0 Å². The number of aromatic carboxylic acids is 1. The van der Waals surface area contributed by atoms with Crippen molar-refractivity contribution in [3.8, 4) is 22.4 Å². The Morgan fingerprint density at radius 2 is 1.71 bits per heavy atom. The van der Waals surface area contributed by atoms with E-state index >= 15 is 0 Å². The van der Waals surface area contributed by atoms with Crippen molar-refractivity contribution in [3.63, 3.8) is 0 Å². The third kappa shape index (κ3) is 3.21. The molecule has 1 N–H and O–H groups in total. The molecule has 0 saturated heterocycles. The van der Waals surface area contributed by atoms with Crippen molar-refractivity contribution in [1.82, 2.24) is 4.98 Å². The van der Waals surface area contributed by atoms with E-state index in [0.717, 1.165) is 17.4 Å². The van der Waals surface area contributed by atoms with Crippen LogP contribution >= 0.6 is 0 Å². The molecule has 0 atom stereocenters. The van der Waals surface area contributed by atoms with E-state index in [0.29, 0.717) is 11.3 Å². The zero-order valence-corrected chi connectivity index (χ0v) is 13.4. The van der Waals surface area contributed by atoms with Gasteiger partial charge in [-0.25, -0.2) is 18.2 Å². The molecule has 7 heteroatoms. The number of carboxylic acids is 1. The maximum Gasteiger partial charge on any atom is 0.392 e. The second-order valence-corrected chi connectivity index (χ2v) is 7.24. The summed E-state index contributed by atoms with van der Waals surface area (Å²) in [6.45, 7) is 0. The topological polar surface area (TPSA) is 97.5 Å². The molecule has 0 bridgehead atoms. The highest BCUT2D eigenvalue weighted by atomic mass is 32.2. The van der Waals surface area contributed by atoms with E-state index in [1.165, 1.54) is 6.26 Å². The first-order valence-corrected chi connectivity index (χ1v) is 8.83. The molecule has 24 heavy (non-hydrogen) atoms. The van der Waals surface area contributed by atoms with E-state index in [2.05, 4.69) is 4.98 Å². The van der Waals surface area contributed by atoms with Gasteiger partial charge in [-0.1, -0.05) is 30.3 Å². The standard InChI is InChI=1S/C17H13NO5S/c1-24(21,22)14-7-5-11(6-8-14)12-3-2-4-13(9-12)15-10-23-16(18-15)17(19)20/h2-10H,1H3,(H,19,20). The second-order valence-electron chi connectivity index (χ2n) is 5.22. The summed E-state index contributed by atoms with van der Waals surface area (Å²) in [5, 5.41) is 8.86. The van der Waals surface area contributed by atoms with Crippen LogP contribution in [0.4, 0.5) is 0 Å². The Bertz CT molecular complexity index is 1000. The third-order valence-electron chi connectivity index (χ3n) is 3.46. The van der Waals surface area contributed by atoms with Crippen molar-refractivity contribution in [2.24, 2.45) is 0 Å². The minimum absolute atomic E-state index is 0.255. The Balaban J connectivity index is 1.97. The molecule has 3 aromatic rings. The van der Waals surface area contributed by atoms with Crippen molar-refractivity contribution < 1.29 is 22.7 Å². The van der Waals surface area contributed by atoms with Crippen LogP contribution in [0.5, 0.6) is 0 Å². The molecule has 0 aliphatic rings. The average Bonchev–Trinajstić information content (AvgIpc) is 3.05. The molecule has 2 aromatic carbocycles. The molecule has 0 radical (unpaired) electrons. The number of hydrogen-bond donors (Lipinski definition) is 1. The van der Waals surface area contributed by atoms with E-state index in [1.54, 1.807) is 30.3 Å². The van der Waals surface area contributed by atoms with Gasteiger partial charge in [0.2, 0.25) is 0 Å². The fourth-order valence-electron chi connectivity index (χ4n) is 2.26. The van der Waals surface area contributed by atoms with E-state index in [4.69, 9.17) is 9.52 Å². The molecule has 0 saturated carbocycles. The van der Waals surface area contributed by atoms with E-state index in [1.807, 2.05) is 18.2 Å². The lowest BCUT2D eigenvalue weighted by molar-refractivity contribution is 0.0653. The van der Waals surface area contributed by atoms with Crippen LogP contribution < -0.4 is 0 Å². The third-order valence-corrected chi connectivity index (χ3v) is 4.59. The molecule has 1 heterocycles. The van der Waals surface area contributed by atoms with E-state index in [9.17, 15) is 13.2 Å². The first kappa shape index (κ1) is 15.9. The maximum atomic E-state index is 11.5. The molecule has 122 valence electrons.